The zero-order chi connectivity index (χ0) is 23.6. The van der Waals surface area contributed by atoms with Crippen molar-refractivity contribution in [2.24, 2.45) is 4.99 Å². The lowest BCUT2D eigenvalue weighted by Gasteiger charge is -2.26. The Bertz CT molecular complexity index is 1010. The van der Waals surface area contributed by atoms with Crippen molar-refractivity contribution in [3.63, 3.8) is 0 Å². The van der Waals surface area contributed by atoms with Crippen LogP contribution in [0, 0.1) is 6.92 Å². The number of nitrogens with zero attached hydrogens (tertiary/aromatic N) is 4. The Morgan fingerprint density at radius 1 is 0.912 bits per heavy atom. The first kappa shape index (κ1) is 23.9. The van der Waals surface area contributed by atoms with Crippen LogP contribution in [-0.2, 0) is 0 Å². The summed E-state index contributed by atoms with van der Waals surface area (Å²) in [5, 5.41) is 7.04. The highest BCUT2D eigenvalue weighted by Gasteiger charge is 2.17. The van der Waals surface area contributed by atoms with Crippen molar-refractivity contribution in [2.75, 3.05) is 43.4 Å². The highest BCUT2D eigenvalue weighted by molar-refractivity contribution is 5.71. The van der Waals surface area contributed by atoms with E-state index >= 15 is 0 Å². The third kappa shape index (κ3) is 6.41. The van der Waals surface area contributed by atoms with Crippen LogP contribution in [0.15, 0.2) is 65.7 Å². The fraction of sp³-hybridized carbons (Fsp3) is 0.393. The van der Waals surface area contributed by atoms with Gasteiger partial charge in [-0.15, -0.1) is 0 Å². The molecule has 4 rings (SSSR count). The van der Waals surface area contributed by atoms with Crippen molar-refractivity contribution in [3.8, 4) is 0 Å². The average Bonchev–Trinajstić information content (AvgIpc) is 2.88. The van der Waals surface area contributed by atoms with Crippen LogP contribution in [0.2, 0.25) is 0 Å². The molecule has 1 aromatic heterocycles. The van der Waals surface area contributed by atoms with Crippen LogP contribution in [0.25, 0.3) is 0 Å². The molecule has 6 nitrogen and oxygen atoms in total. The smallest absolute Gasteiger partial charge is 0.225 e. The summed E-state index contributed by atoms with van der Waals surface area (Å²) in [6.45, 7) is 8.87. The molecule has 0 amide bonds. The van der Waals surface area contributed by atoms with Crippen molar-refractivity contribution in [2.45, 2.75) is 39.0 Å². The second-order valence-corrected chi connectivity index (χ2v) is 8.80. The third-order valence-electron chi connectivity index (χ3n) is 6.35. The largest absolute Gasteiger partial charge is 0.367 e. The summed E-state index contributed by atoms with van der Waals surface area (Å²) in [7, 11) is 0. The van der Waals surface area contributed by atoms with E-state index in [4.69, 9.17) is 4.98 Å². The number of benzene rings is 2. The van der Waals surface area contributed by atoms with Crippen molar-refractivity contribution in [3.05, 3.63) is 77.5 Å². The molecule has 0 radical (unpaired) electrons. The normalized spacial score (nSPS) is 14.6. The molecular formula is C28H36N6. The van der Waals surface area contributed by atoms with Crippen LogP contribution in [0.3, 0.4) is 0 Å². The zero-order valence-electron chi connectivity index (χ0n) is 20.4. The van der Waals surface area contributed by atoms with Crippen LogP contribution in [-0.4, -0.2) is 53.8 Å². The summed E-state index contributed by atoms with van der Waals surface area (Å²) in [4.78, 5) is 16.6. The standard InChI is InChI=1S/C28H36N6/c1-3-29-26-22(2)32-28(30-17-20-34-18-11-6-12-19-34)33-27(26)31-21-25(23-13-7-4-8-14-23)24-15-9-5-10-16-24/h3-5,7-10,13-16,25H,6,11-12,17-21H2,1-2H3,(H2,30,31,32,33). The van der Waals surface area contributed by atoms with Gasteiger partial charge in [-0.05, 0) is 50.9 Å². The Kier molecular flexibility index (Phi) is 8.63. The van der Waals surface area contributed by atoms with E-state index in [0.29, 0.717) is 12.5 Å². The van der Waals surface area contributed by atoms with Crippen molar-refractivity contribution in [1.29, 1.82) is 0 Å². The maximum Gasteiger partial charge on any atom is 0.225 e. The van der Waals surface area contributed by atoms with Gasteiger partial charge in [0.1, 0.15) is 5.69 Å². The first-order valence-corrected chi connectivity index (χ1v) is 12.4. The van der Waals surface area contributed by atoms with Gasteiger partial charge in [-0.3, -0.25) is 4.99 Å². The first-order chi connectivity index (χ1) is 16.7. The summed E-state index contributed by atoms with van der Waals surface area (Å²) < 4.78 is 0. The quantitative estimate of drug-likeness (QED) is 0.386. The van der Waals surface area contributed by atoms with Gasteiger partial charge in [-0.1, -0.05) is 67.1 Å². The van der Waals surface area contributed by atoms with Crippen LogP contribution >= 0.6 is 0 Å². The summed E-state index contributed by atoms with van der Waals surface area (Å²) >= 11 is 0. The van der Waals surface area contributed by atoms with Crippen LogP contribution in [0.4, 0.5) is 17.5 Å². The van der Waals surface area contributed by atoms with Gasteiger partial charge in [-0.25, -0.2) is 4.98 Å². The number of rotatable bonds is 10. The van der Waals surface area contributed by atoms with E-state index in [1.807, 2.05) is 13.8 Å². The number of aromatic nitrogens is 2. The van der Waals surface area contributed by atoms with Crippen molar-refractivity contribution >= 4 is 23.7 Å². The SMILES string of the molecule is CC=Nc1c(C)nc(NCCN2CCCCC2)nc1NCC(c1ccccc1)c1ccccc1. The van der Waals surface area contributed by atoms with E-state index in [2.05, 4.69) is 86.2 Å². The van der Waals surface area contributed by atoms with Crippen molar-refractivity contribution < 1.29 is 0 Å². The lowest BCUT2D eigenvalue weighted by atomic mass is 9.91. The Hall–Kier alpha value is -3.25. The minimum Gasteiger partial charge on any atom is -0.367 e. The molecule has 1 aliphatic heterocycles. The first-order valence-electron chi connectivity index (χ1n) is 12.4. The van der Waals surface area contributed by atoms with Gasteiger partial charge in [0.2, 0.25) is 5.95 Å². The molecule has 0 bridgehead atoms. The number of hydrogen-bond donors (Lipinski definition) is 2. The molecule has 2 heterocycles. The number of piperidine rings is 1. The highest BCUT2D eigenvalue weighted by Crippen LogP contribution is 2.30. The lowest BCUT2D eigenvalue weighted by Crippen LogP contribution is -2.33. The molecule has 0 atom stereocenters. The molecule has 6 heteroatoms. The molecule has 2 aromatic carbocycles. The van der Waals surface area contributed by atoms with Crippen molar-refractivity contribution in [1.82, 2.24) is 14.9 Å². The highest BCUT2D eigenvalue weighted by atomic mass is 15.2. The van der Waals surface area contributed by atoms with Gasteiger partial charge in [0.25, 0.3) is 0 Å². The number of aliphatic imine (C=N–C) groups is 1. The van der Waals surface area contributed by atoms with E-state index in [-0.39, 0.29) is 5.92 Å². The fourth-order valence-corrected chi connectivity index (χ4v) is 4.56. The molecule has 0 unspecified atom stereocenters. The number of aryl methyl sites for hydroxylation is 1. The van der Waals surface area contributed by atoms with Gasteiger partial charge in [-0.2, -0.15) is 4.98 Å². The molecule has 178 valence electrons. The Morgan fingerprint density at radius 3 is 2.18 bits per heavy atom. The monoisotopic (exact) mass is 456 g/mol. The minimum absolute atomic E-state index is 0.201. The van der Waals surface area contributed by atoms with Gasteiger partial charge < -0.3 is 15.5 Å². The number of hydrogen-bond acceptors (Lipinski definition) is 6. The molecule has 1 aliphatic rings. The number of nitrogens with one attached hydrogen (secondary N) is 2. The minimum atomic E-state index is 0.201. The Balaban J connectivity index is 1.51. The van der Waals surface area contributed by atoms with Crippen LogP contribution in [0.5, 0.6) is 0 Å². The maximum atomic E-state index is 4.83. The summed E-state index contributed by atoms with van der Waals surface area (Å²) in [5.74, 6) is 1.62. The van der Waals surface area contributed by atoms with Gasteiger partial charge in [0.15, 0.2) is 5.82 Å². The molecule has 0 aliphatic carbocycles. The Morgan fingerprint density at radius 2 is 1.56 bits per heavy atom. The van der Waals surface area contributed by atoms with E-state index in [1.54, 1.807) is 6.21 Å². The molecule has 0 spiro atoms. The molecule has 0 saturated carbocycles. The third-order valence-corrected chi connectivity index (χ3v) is 6.35. The van der Waals surface area contributed by atoms with E-state index < -0.39 is 0 Å². The summed E-state index contributed by atoms with van der Waals surface area (Å²) in [6, 6.07) is 21.2. The second-order valence-electron chi connectivity index (χ2n) is 8.80. The number of likely N-dealkylation sites (tertiary alicyclic amines) is 1. The predicted molar refractivity (Wildman–Crippen MR) is 143 cm³/mol. The zero-order valence-corrected chi connectivity index (χ0v) is 20.4. The van der Waals surface area contributed by atoms with E-state index in [9.17, 15) is 0 Å². The van der Waals surface area contributed by atoms with Gasteiger partial charge in [0.05, 0.1) is 5.69 Å². The van der Waals surface area contributed by atoms with Crippen LogP contribution < -0.4 is 10.6 Å². The van der Waals surface area contributed by atoms with Crippen LogP contribution in [0.1, 0.15) is 48.9 Å². The van der Waals surface area contributed by atoms with E-state index in [1.165, 1.54) is 43.5 Å². The predicted octanol–water partition coefficient (Wildman–Crippen LogP) is 5.65. The van der Waals surface area contributed by atoms with E-state index in [0.717, 1.165) is 30.3 Å². The molecule has 34 heavy (non-hydrogen) atoms. The van der Waals surface area contributed by atoms with Gasteiger partial charge >= 0.3 is 0 Å². The topological polar surface area (TPSA) is 65.4 Å². The molecule has 2 N–H and O–H groups in total. The molecular weight excluding hydrogens is 420 g/mol. The average molecular weight is 457 g/mol. The molecule has 1 fully saturated rings. The van der Waals surface area contributed by atoms with Gasteiger partial charge in [0, 0.05) is 31.8 Å². The molecule has 3 aromatic rings. The number of anilines is 2. The lowest BCUT2D eigenvalue weighted by molar-refractivity contribution is 0.237. The summed E-state index contributed by atoms with van der Waals surface area (Å²) in [6.07, 6.45) is 5.76. The molecule has 1 saturated heterocycles. The maximum absolute atomic E-state index is 4.83. The Labute approximate surface area is 203 Å². The fourth-order valence-electron chi connectivity index (χ4n) is 4.56. The second kappa shape index (κ2) is 12.3. The summed E-state index contributed by atoms with van der Waals surface area (Å²) in [5.41, 5.74) is 4.20.